The number of likely N-dealkylation sites (tertiary alicyclic amines) is 1. The van der Waals surface area contributed by atoms with Crippen LogP contribution in [0.25, 0.3) is 0 Å². The molecule has 1 unspecified atom stereocenters. The number of rotatable bonds is 5. The van der Waals surface area contributed by atoms with Gasteiger partial charge in [-0.15, -0.1) is 0 Å². The van der Waals surface area contributed by atoms with E-state index in [9.17, 15) is 0 Å². The van der Waals surface area contributed by atoms with Crippen LogP contribution in [0.4, 0.5) is 0 Å². The molecule has 96 valence electrons. The van der Waals surface area contributed by atoms with Gasteiger partial charge < -0.3 is 14.8 Å². The van der Waals surface area contributed by atoms with Gasteiger partial charge in [-0.05, 0) is 58.0 Å². The highest BCUT2D eigenvalue weighted by Crippen LogP contribution is 2.14. The van der Waals surface area contributed by atoms with Gasteiger partial charge in [-0.3, -0.25) is 0 Å². The Balaban J connectivity index is 1.72. The van der Waals surface area contributed by atoms with Gasteiger partial charge in [-0.2, -0.15) is 0 Å². The summed E-state index contributed by atoms with van der Waals surface area (Å²) < 4.78 is 2.31. The van der Waals surface area contributed by atoms with Crippen molar-refractivity contribution in [1.29, 1.82) is 0 Å². The normalized spacial score (nSPS) is 21.9. The number of piperidine rings is 1. The van der Waals surface area contributed by atoms with Crippen LogP contribution >= 0.6 is 0 Å². The summed E-state index contributed by atoms with van der Waals surface area (Å²) in [6, 6.07) is 4.35. The molecular formula is C14H25N3. The van der Waals surface area contributed by atoms with Gasteiger partial charge in [0.15, 0.2) is 0 Å². The molecule has 1 aliphatic heterocycles. The van der Waals surface area contributed by atoms with Crippen LogP contribution in [0.15, 0.2) is 18.3 Å². The van der Waals surface area contributed by atoms with Crippen LogP contribution in [-0.2, 0) is 13.1 Å². The number of hydrogen-bond acceptors (Lipinski definition) is 2. The van der Waals surface area contributed by atoms with Gasteiger partial charge in [0.1, 0.15) is 0 Å². The molecule has 0 radical (unpaired) electrons. The molecule has 1 saturated heterocycles. The molecule has 0 spiro atoms. The molecule has 1 N–H and O–H groups in total. The smallest absolute Gasteiger partial charge is 0.0359 e. The minimum atomic E-state index is 0.832. The predicted molar refractivity (Wildman–Crippen MR) is 72.0 cm³/mol. The van der Waals surface area contributed by atoms with Crippen LogP contribution in [-0.4, -0.2) is 36.1 Å². The summed E-state index contributed by atoms with van der Waals surface area (Å²) in [5.41, 5.74) is 1.40. The van der Waals surface area contributed by atoms with Crippen molar-refractivity contribution in [3.8, 4) is 0 Å². The van der Waals surface area contributed by atoms with E-state index in [4.69, 9.17) is 0 Å². The van der Waals surface area contributed by atoms with E-state index in [1.54, 1.807) is 0 Å². The Morgan fingerprint density at radius 2 is 2.35 bits per heavy atom. The van der Waals surface area contributed by atoms with Gasteiger partial charge in [0.05, 0.1) is 0 Å². The van der Waals surface area contributed by atoms with E-state index >= 15 is 0 Å². The minimum Gasteiger partial charge on any atom is -0.351 e. The quantitative estimate of drug-likeness (QED) is 0.841. The molecule has 0 saturated carbocycles. The van der Waals surface area contributed by atoms with E-state index in [-0.39, 0.29) is 0 Å². The van der Waals surface area contributed by atoms with E-state index in [2.05, 4.69) is 47.1 Å². The first-order chi connectivity index (χ1) is 8.29. The lowest BCUT2D eigenvalue weighted by Gasteiger charge is -2.29. The third-order valence-electron chi connectivity index (χ3n) is 3.73. The van der Waals surface area contributed by atoms with Crippen LogP contribution in [0, 0.1) is 5.92 Å². The second-order valence-electron chi connectivity index (χ2n) is 5.19. The molecule has 1 aliphatic rings. The van der Waals surface area contributed by atoms with Gasteiger partial charge in [0.25, 0.3) is 0 Å². The zero-order valence-corrected chi connectivity index (χ0v) is 11.2. The maximum Gasteiger partial charge on any atom is 0.0359 e. The third-order valence-corrected chi connectivity index (χ3v) is 3.73. The molecule has 3 heteroatoms. The van der Waals surface area contributed by atoms with Crippen LogP contribution in [0.5, 0.6) is 0 Å². The maximum absolute atomic E-state index is 3.61. The van der Waals surface area contributed by atoms with Crippen LogP contribution in [0.2, 0.25) is 0 Å². The molecule has 1 fully saturated rings. The number of hydrogen-bond donors (Lipinski definition) is 1. The first-order valence-electron chi connectivity index (χ1n) is 6.83. The Morgan fingerprint density at radius 3 is 3.12 bits per heavy atom. The van der Waals surface area contributed by atoms with Crippen molar-refractivity contribution >= 4 is 0 Å². The van der Waals surface area contributed by atoms with E-state index in [1.165, 1.54) is 31.6 Å². The average molecular weight is 235 g/mol. The van der Waals surface area contributed by atoms with E-state index in [0.29, 0.717) is 0 Å². The topological polar surface area (TPSA) is 20.2 Å². The summed E-state index contributed by atoms with van der Waals surface area (Å²) in [4.78, 5) is 2.45. The standard InChI is InChI=1S/C14H25N3/c1-3-17-9-5-7-14(17)11-15-10-13-6-4-8-16(2)12-13/h5,7,9,13,15H,3-4,6,8,10-12H2,1-2H3. The van der Waals surface area contributed by atoms with Gasteiger partial charge in [-0.25, -0.2) is 0 Å². The molecule has 3 nitrogen and oxygen atoms in total. The molecule has 2 heterocycles. The van der Waals surface area contributed by atoms with Crippen molar-refractivity contribution in [3.63, 3.8) is 0 Å². The highest BCUT2D eigenvalue weighted by atomic mass is 15.1. The Labute approximate surface area is 105 Å². The fourth-order valence-corrected chi connectivity index (χ4v) is 2.76. The van der Waals surface area contributed by atoms with Crippen molar-refractivity contribution < 1.29 is 0 Å². The first kappa shape index (κ1) is 12.7. The lowest BCUT2D eigenvalue weighted by atomic mass is 9.98. The molecular weight excluding hydrogens is 210 g/mol. The fraction of sp³-hybridized carbons (Fsp3) is 0.714. The molecule has 2 rings (SSSR count). The van der Waals surface area contributed by atoms with Crippen molar-refractivity contribution in [1.82, 2.24) is 14.8 Å². The molecule has 0 amide bonds. The predicted octanol–water partition coefficient (Wildman–Crippen LogP) is 1.94. The summed E-state index contributed by atoms with van der Waals surface area (Å²) in [5, 5.41) is 3.61. The van der Waals surface area contributed by atoms with Gasteiger partial charge in [0, 0.05) is 31.5 Å². The minimum absolute atomic E-state index is 0.832. The largest absolute Gasteiger partial charge is 0.351 e. The average Bonchev–Trinajstić information content (AvgIpc) is 2.77. The second kappa shape index (κ2) is 6.22. The molecule has 1 aromatic rings. The van der Waals surface area contributed by atoms with Crippen molar-refractivity contribution in [2.75, 3.05) is 26.7 Å². The summed E-state index contributed by atoms with van der Waals surface area (Å²) in [6.07, 6.45) is 4.89. The summed E-state index contributed by atoms with van der Waals surface area (Å²) >= 11 is 0. The molecule has 17 heavy (non-hydrogen) atoms. The molecule has 1 atom stereocenters. The van der Waals surface area contributed by atoms with Crippen LogP contribution < -0.4 is 5.32 Å². The Bertz CT molecular complexity index is 332. The SMILES string of the molecule is CCn1cccc1CNCC1CCCN(C)C1. The van der Waals surface area contributed by atoms with Gasteiger partial charge in [0.2, 0.25) is 0 Å². The van der Waals surface area contributed by atoms with Crippen molar-refractivity contribution in [2.24, 2.45) is 5.92 Å². The summed E-state index contributed by atoms with van der Waals surface area (Å²) in [6.45, 7) is 7.94. The van der Waals surface area contributed by atoms with E-state index in [1.807, 2.05) is 0 Å². The Hall–Kier alpha value is -0.800. The zero-order chi connectivity index (χ0) is 12.1. The monoisotopic (exact) mass is 235 g/mol. The van der Waals surface area contributed by atoms with Crippen molar-refractivity contribution in [2.45, 2.75) is 32.9 Å². The first-order valence-corrected chi connectivity index (χ1v) is 6.83. The number of nitrogens with zero attached hydrogens (tertiary/aromatic N) is 2. The van der Waals surface area contributed by atoms with Crippen molar-refractivity contribution in [3.05, 3.63) is 24.0 Å². The second-order valence-corrected chi connectivity index (χ2v) is 5.19. The van der Waals surface area contributed by atoms with Crippen LogP contribution in [0.1, 0.15) is 25.5 Å². The zero-order valence-electron chi connectivity index (χ0n) is 11.2. The third kappa shape index (κ3) is 3.58. The van der Waals surface area contributed by atoms with Crippen LogP contribution in [0.3, 0.4) is 0 Å². The van der Waals surface area contributed by atoms with Gasteiger partial charge in [-0.1, -0.05) is 0 Å². The van der Waals surface area contributed by atoms with E-state index < -0.39 is 0 Å². The fourth-order valence-electron chi connectivity index (χ4n) is 2.76. The Morgan fingerprint density at radius 1 is 1.47 bits per heavy atom. The lowest BCUT2D eigenvalue weighted by Crippen LogP contribution is -2.37. The van der Waals surface area contributed by atoms with Gasteiger partial charge >= 0.3 is 0 Å². The molecule has 0 aromatic carbocycles. The summed E-state index contributed by atoms with van der Waals surface area (Å²) in [5.74, 6) is 0.832. The number of nitrogens with one attached hydrogen (secondary N) is 1. The summed E-state index contributed by atoms with van der Waals surface area (Å²) in [7, 11) is 2.23. The molecule has 0 aliphatic carbocycles. The Kier molecular flexibility index (Phi) is 4.63. The van der Waals surface area contributed by atoms with E-state index in [0.717, 1.165) is 25.6 Å². The number of aryl methyl sites for hydroxylation is 1. The number of aromatic nitrogens is 1. The molecule has 0 bridgehead atoms. The highest BCUT2D eigenvalue weighted by molar-refractivity contribution is 5.06. The maximum atomic E-state index is 3.61. The highest BCUT2D eigenvalue weighted by Gasteiger charge is 2.16. The lowest BCUT2D eigenvalue weighted by molar-refractivity contribution is 0.206. The molecule has 1 aromatic heterocycles.